The molecule has 2 rings (SSSR count). The number of benzene rings is 2. The van der Waals surface area contributed by atoms with Crippen molar-refractivity contribution >= 4 is 5.69 Å². The van der Waals surface area contributed by atoms with E-state index in [0.717, 1.165) is 11.3 Å². The first-order valence-corrected chi connectivity index (χ1v) is 7.65. The maximum Gasteiger partial charge on any atom is 0.387 e. The molecule has 0 heterocycles. The molecule has 2 aromatic rings. The van der Waals surface area contributed by atoms with E-state index in [1.54, 1.807) is 12.1 Å². The fourth-order valence-corrected chi connectivity index (χ4v) is 2.28. The monoisotopic (exact) mass is 336 g/mol. The molecule has 0 amide bonds. The van der Waals surface area contributed by atoms with Crippen LogP contribution < -0.4 is 15.0 Å². The van der Waals surface area contributed by atoms with Gasteiger partial charge in [-0.3, -0.25) is 0 Å². The number of anilines is 1. The summed E-state index contributed by atoms with van der Waals surface area (Å²) < 4.78 is 28.8. The zero-order valence-corrected chi connectivity index (χ0v) is 13.7. The molecule has 1 atom stereocenters. The Morgan fingerprint density at radius 1 is 1.12 bits per heavy atom. The van der Waals surface area contributed by atoms with E-state index in [1.807, 2.05) is 43.3 Å². The number of hydrogen-bond acceptors (Lipinski definition) is 4. The molecular formula is C18H22F2N2O2. The van der Waals surface area contributed by atoms with Crippen molar-refractivity contribution in [3.05, 3.63) is 59.7 Å². The van der Waals surface area contributed by atoms with Crippen LogP contribution in [0.1, 0.15) is 17.2 Å². The minimum absolute atomic E-state index is 0.0424. The first-order valence-electron chi connectivity index (χ1n) is 7.65. The summed E-state index contributed by atoms with van der Waals surface area (Å²) in [6.07, 6.45) is -0.799. The van der Waals surface area contributed by atoms with E-state index in [4.69, 9.17) is 0 Å². The Kier molecular flexibility index (Phi) is 6.52. The fraction of sp³-hybridized carbons (Fsp3) is 0.333. The van der Waals surface area contributed by atoms with Crippen LogP contribution in [0.25, 0.3) is 0 Å². The number of nitrogens with one attached hydrogen (secondary N) is 1. The molecule has 4 nitrogen and oxygen atoms in total. The summed E-state index contributed by atoms with van der Waals surface area (Å²) in [4.78, 5) is 2.02. The normalized spacial score (nSPS) is 12.2. The molecule has 0 aliphatic heterocycles. The molecule has 0 fully saturated rings. The smallest absolute Gasteiger partial charge is 0.387 e. The Morgan fingerprint density at radius 2 is 1.83 bits per heavy atom. The van der Waals surface area contributed by atoms with Gasteiger partial charge in [0.2, 0.25) is 0 Å². The second kappa shape index (κ2) is 8.61. The van der Waals surface area contributed by atoms with Crippen molar-refractivity contribution in [1.82, 2.24) is 5.32 Å². The van der Waals surface area contributed by atoms with Gasteiger partial charge in [-0.05, 0) is 35.4 Å². The molecule has 0 aromatic heterocycles. The van der Waals surface area contributed by atoms with Crippen LogP contribution in [-0.2, 0) is 6.54 Å². The number of aliphatic hydroxyl groups excluding tert-OH is 1. The maximum atomic E-state index is 12.2. The highest BCUT2D eigenvalue weighted by Gasteiger charge is 2.10. The van der Waals surface area contributed by atoms with E-state index >= 15 is 0 Å². The minimum Gasteiger partial charge on any atom is -0.435 e. The van der Waals surface area contributed by atoms with E-state index in [0.29, 0.717) is 18.7 Å². The van der Waals surface area contributed by atoms with Crippen LogP contribution >= 0.6 is 0 Å². The van der Waals surface area contributed by atoms with Crippen LogP contribution in [0.3, 0.4) is 0 Å². The highest BCUT2D eigenvalue weighted by molar-refractivity contribution is 5.45. The Bertz CT molecular complexity index is 633. The average Bonchev–Trinajstić information content (AvgIpc) is 2.55. The second-order valence-electron chi connectivity index (χ2n) is 5.66. The van der Waals surface area contributed by atoms with Gasteiger partial charge in [-0.25, -0.2) is 0 Å². The van der Waals surface area contributed by atoms with Gasteiger partial charge in [0.15, 0.2) is 0 Å². The van der Waals surface area contributed by atoms with Gasteiger partial charge in [-0.1, -0.05) is 24.3 Å². The van der Waals surface area contributed by atoms with Crippen molar-refractivity contribution in [2.75, 3.05) is 25.5 Å². The summed E-state index contributed by atoms with van der Waals surface area (Å²) in [7, 11) is 3.96. The molecule has 130 valence electrons. The number of aliphatic hydroxyl groups is 1. The molecule has 0 saturated heterocycles. The van der Waals surface area contributed by atoms with E-state index in [2.05, 4.69) is 10.1 Å². The van der Waals surface area contributed by atoms with Gasteiger partial charge in [-0.15, -0.1) is 0 Å². The lowest BCUT2D eigenvalue weighted by Crippen LogP contribution is -2.21. The largest absolute Gasteiger partial charge is 0.435 e. The average molecular weight is 336 g/mol. The summed E-state index contributed by atoms with van der Waals surface area (Å²) in [6, 6.07) is 14.2. The first-order chi connectivity index (χ1) is 11.5. The third-order valence-corrected chi connectivity index (χ3v) is 3.59. The zero-order chi connectivity index (χ0) is 17.5. The number of alkyl halides is 2. The molecule has 1 unspecified atom stereocenters. The molecule has 6 heteroatoms. The molecule has 0 bridgehead atoms. The van der Waals surface area contributed by atoms with Crippen LogP contribution in [-0.4, -0.2) is 32.4 Å². The zero-order valence-electron chi connectivity index (χ0n) is 13.7. The molecule has 0 aliphatic carbocycles. The van der Waals surface area contributed by atoms with Crippen LogP contribution in [0.2, 0.25) is 0 Å². The van der Waals surface area contributed by atoms with Gasteiger partial charge in [-0.2, -0.15) is 8.78 Å². The van der Waals surface area contributed by atoms with Gasteiger partial charge >= 0.3 is 6.61 Å². The number of rotatable bonds is 8. The number of ether oxygens (including phenoxy) is 1. The van der Waals surface area contributed by atoms with Gasteiger partial charge < -0.3 is 20.1 Å². The van der Waals surface area contributed by atoms with E-state index in [-0.39, 0.29) is 5.75 Å². The highest BCUT2D eigenvalue weighted by Crippen LogP contribution is 2.20. The van der Waals surface area contributed by atoms with Crippen molar-refractivity contribution in [1.29, 1.82) is 0 Å². The highest BCUT2D eigenvalue weighted by atomic mass is 19.3. The molecule has 0 saturated carbocycles. The SMILES string of the molecule is CN(C)c1ccc(CNCC(O)c2cccc(OC(F)F)c2)cc1. The molecule has 2 N–H and O–H groups in total. The lowest BCUT2D eigenvalue weighted by atomic mass is 10.1. The maximum absolute atomic E-state index is 12.2. The van der Waals surface area contributed by atoms with Gasteiger partial charge in [0.05, 0.1) is 6.10 Å². The summed E-state index contributed by atoms with van der Waals surface area (Å²) >= 11 is 0. The van der Waals surface area contributed by atoms with Crippen molar-refractivity contribution in [3.8, 4) is 5.75 Å². The standard InChI is InChI=1S/C18H22F2N2O2/c1-22(2)15-8-6-13(7-9-15)11-21-12-17(23)14-4-3-5-16(10-14)24-18(19)20/h3-10,17-18,21,23H,11-12H2,1-2H3. The van der Waals surface area contributed by atoms with Crippen LogP contribution in [0.5, 0.6) is 5.75 Å². The van der Waals surface area contributed by atoms with E-state index in [9.17, 15) is 13.9 Å². The molecular weight excluding hydrogens is 314 g/mol. The predicted octanol–water partition coefficient (Wildman–Crippen LogP) is 3.18. The Morgan fingerprint density at radius 3 is 2.46 bits per heavy atom. The Balaban J connectivity index is 1.85. The molecule has 0 spiro atoms. The van der Waals surface area contributed by atoms with Gasteiger partial charge in [0.1, 0.15) is 5.75 Å². The molecule has 24 heavy (non-hydrogen) atoms. The first kappa shape index (κ1) is 18.2. The fourth-order valence-electron chi connectivity index (χ4n) is 2.28. The van der Waals surface area contributed by atoms with Crippen molar-refractivity contribution in [2.45, 2.75) is 19.3 Å². The lowest BCUT2D eigenvalue weighted by Gasteiger charge is -2.15. The van der Waals surface area contributed by atoms with Crippen molar-refractivity contribution < 1.29 is 18.6 Å². The minimum atomic E-state index is -2.87. The predicted molar refractivity (Wildman–Crippen MR) is 90.5 cm³/mol. The van der Waals surface area contributed by atoms with E-state index in [1.165, 1.54) is 12.1 Å². The quantitative estimate of drug-likeness (QED) is 0.777. The number of hydrogen-bond donors (Lipinski definition) is 2. The van der Waals surface area contributed by atoms with Crippen molar-refractivity contribution in [3.63, 3.8) is 0 Å². The summed E-state index contributed by atoms with van der Waals surface area (Å²) in [6.45, 7) is -1.95. The van der Waals surface area contributed by atoms with Crippen LogP contribution in [0.4, 0.5) is 14.5 Å². The Labute approximate surface area is 140 Å². The third kappa shape index (κ3) is 5.47. The number of halogens is 2. The second-order valence-corrected chi connectivity index (χ2v) is 5.66. The Hall–Kier alpha value is -2.18. The van der Waals surface area contributed by atoms with E-state index < -0.39 is 12.7 Å². The third-order valence-electron chi connectivity index (χ3n) is 3.59. The summed E-state index contributed by atoms with van der Waals surface area (Å²) in [5, 5.41) is 13.3. The number of nitrogens with zero attached hydrogens (tertiary/aromatic N) is 1. The molecule has 0 aliphatic rings. The van der Waals surface area contributed by atoms with Crippen LogP contribution in [0, 0.1) is 0 Å². The van der Waals surface area contributed by atoms with Gasteiger partial charge in [0.25, 0.3) is 0 Å². The topological polar surface area (TPSA) is 44.7 Å². The summed E-state index contributed by atoms with van der Waals surface area (Å²) in [5.41, 5.74) is 2.75. The lowest BCUT2D eigenvalue weighted by molar-refractivity contribution is -0.0499. The van der Waals surface area contributed by atoms with Crippen molar-refractivity contribution in [2.24, 2.45) is 0 Å². The molecule has 2 aromatic carbocycles. The van der Waals surface area contributed by atoms with Crippen LogP contribution in [0.15, 0.2) is 48.5 Å². The molecule has 0 radical (unpaired) electrons. The summed E-state index contributed by atoms with van der Waals surface area (Å²) in [5.74, 6) is 0.0424. The van der Waals surface area contributed by atoms with Gasteiger partial charge in [0, 0.05) is 32.9 Å².